The van der Waals surface area contributed by atoms with E-state index in [1.807, 2.05) is 0 Å². The van der Waals surface area contributed by atoms with Crippen molar-refractivity contribution in [3.05, 3.63) is 48.2 Å². The molecule has 18 heavy (non-hydrogen) atoms. The second-order valence-corrected chi connectivity index (χ2v) is 3.67. The summed E-state index contributed by atoms with van der Waals surface area (Å²) in [5, 5.41) is 2.73. The molecule has 92 valence electrons. The molecule has 1 amide bonds. The smallest absolute Gasteiger partial charge is 0.255 e. The lowest BCUT2D eigenvalue weighted by Crippen LogP contribution is -2.12. The fourth-order valence-corrected chi connectivity index (χ4v) is 1.41. The fraction of sp³-hybridized carbons (Fsp3) is 0.0769. The van der Waals surface area contributed by atoms with Crippen molar-refractivity contribution in [1.29, 1.82) is 0 Å². The standard InChI is InChI=1S/C13H13N3O2/c1-18-12-7-6-11(8-15-12)16-13(17)9-2-4-10(14)5-3-9/h2-8H,14H2,1H3,(H,16,17). The lowest BCUT2D eigenvalue weighted by atomic mass is 10.2. The van der Waals surface area contributed by atoms with Gasteiger partial charge in [0, 0.05) is 17.3 Å². The summed E-state index contributed by atoms with van der Waals surface area (Å²) < 4.78 is 4.93. The summed E-state index contributed by atoms with van der Waals surface area (Å²) in [6.45, 7) is 0. The number of nitrogen functional groups attached to an aromatic ring is 1. The van der Waals surface area contributed by atoms with Gasteiger partial charge < -0.3 is 15.8 Å². The summed E-state index contributed by atoms with van der Waals surface area (Å²) >= 11 is 0. The van der Waals surface area contributed by atoms with Crippen molar-refractivity contribution in [2.45, 2.75) is 0 Å². The summed E-state index contributed by atoms with van der Waals surface area (Å²) in [5.41, 5.74) is 7.33. The molecule has 1 heterocycles. The summed E-state index contributed by atoms with van der Waals surface area (Å²) in [6, 6.07) is 10.1. The van der Waals surface area contributed by atoms with Crippen LogP contribution >= 0.6 is 0 Å². The number of pyridine rings is 1. The van der Waals surface area contributed by atoms with E-state index in [4.69, 9.17) is 10.5 Å². The fourth-order valence-electron chi connectivity index (χ4n) is 1.41. The van der Waals surface area contributed by atoms with Crippen LogP contribution in [0.3, 0.4) is 0 Å². The zero-order chi connectivity index (χ0) is 13.0. The second-order valence-electron chi connectivity index (χ2n) is 3.67. The molecule has 0 radical (unpaired) electrons. The van der Waals surface area contributed by atoms with Crippen LogP contribution in [0.15, 0.2) is 42.6 Å². The van der Waals surface area contributed by atoms with E-state index >= 15 is 0 Å². The van der Waals surface area contributed by atoms with Crippen molar-refractivity contribution in [1.82, 2.24) is 4.98 Å². The van der Waals surface area contributed by atoms with Crippen molar-refractivity contribution in [3.63, 3.8) is 0 Å². The molecule has 5 nitrogen and oxygen atoms in total. The molecule has 1 aromatic carbocycles. The number of carbonyl (C=O) groups excluding carboxylic acids is 1. The van der Waals surface area contributed by atoms with Crippen molar-refractivity contribution in [3.8, 4) is 5.88 Å². The highest BCUT2D eigenvalue weighted by molar-refractivity contribution is 6.04. The third-order valence-electron chi connectivity index (χ3n) is 2.38. The molecule has 1 aromatic heterocycles. The van der Waals surface area contributed by atoms with Crippen molar-refractivity contribution >= 4 is 17.3 Å². The van der Waals surface area contributed by atoms with Gasteiger partial charge in [-0.1, -0.05) is 0 Å². The number of hydrogen-bond donors (Lipinski definition) is 2. The quantitative estimate of drug-likeness (QED) is 0.807. The Labute approximate surface area is 105 Å². The van der Waals surface area contributed by atoms with E-state index < -0.39 is 0 Å². The van der Waals surface area contributed by atoms with Gasteiger partial charge >= 0.3 is 0 Å². The number of nitrogens with one attached hydrogen (secondary N) is 1. The molecule has 0 spiro atoms. The van der Waals surface area contributed by atoms with E-state index in [-0.39, 0.29) is 5.91 Å². The Bertz CT molecular complexity index is 535. The largest absolute Gasteiger partial charge is 0.481 e. The Morgan fingerprint density at radius 1 is 1.22 bits per heavy atom. The first-order chi connectivity index (χ1) is 8.69. The van der Waals surface area contributed by atoms with Gasteiger partial charge in [0.2, 0.25) is 5.88 Å². The Balaban J connectivity index is 2.08. The zero-order valence-electron chi connectivity index (χ0n) is 9.88. The number of nitrogens with two attached hydrogens (primary N) is 1. The molecule has 0 aliphatic heterocycles. The minimum atomic E-state index is -0.207. The molecule has 2 rings (SSSR count). The van der Waals surface area contributed by atoms with E-state index in [1.54, 1.807) is 36.4 Å². The molecule has 0 atom stereocenters. The normalized spacial score (nSPS) is 9.83. The highest BCUT2D eigenvalue weighted by atomic mass is 16.5. The van der Waals surface area contributed by atoms with Crippen molar-refractivity contribution < 1.29 is 9.53 Å². The van der Waals surface area contributed by atoms with Crippen LogP contribution in [0.1, 0.15) is 10.4 Å². The number of methoxy groups -OCH3 is 1. The average molecular weight is 243 g/mol. The van der Waals surface area contributed by atoms with E-state index in [1.165, 1.54) is 13.3 Å². The minimum Gasteiger partial charge on any atom is -0.481 e. The molecule has 0 aliphatic carbocycles. The number of nitrogens with zero attached hydrogens (tertiary/aromatic N) is 1. The second kappa shape index (κ2) is 5.18. The number of hydrogen-bond acceptors (Lipinski definition) is 4. The van der Waals surface area contributed by atoms with Crippen LogP contribution in [-0.2, 0) is 0 Å². The maximum Gasteiger partial charge on any atom is 0.255 e. The highest BCUT2D eigenvalue weighted by Crippen LogP contribution is 2.13. The number of rotatable bonds is 3. The third kappa shape index (κ3) is 2.76. The van der Waals surface area contributed by atoms with E-state index in [0.29, 0.717) is 22.8 Å². The molecule has 5 heteroatoms. The van der Waals surface area contributed by atoms with Gasteiger partial charge in [-0.05, 0) is 30.3 Å². The maximum atomic E-state index is 11.9. The predicted molar refractivity (Wildman–Crippen MR) is 69.6 cm³/mol. The number of amides is 1. The Kier molecular flexibility index (Phi) is 3.43. The summed E-state index contributed by atoms with van der Waals surface area (Å²) in [7, 11) is 1.54. The van der Waals surface area contributed by atoms with Gasteiger partial charge in [-0.2, -0.15) is 0 Å². The average Bonchev–Trinajstić information content (AvgIpc) is 2.40. The van der Waals surface area contributed by atoms with Gasteiger partial charge in [-0.3, -0.25) is 4.79 Å². The lowest BCUT2D eigenvalue weighted by Gasteiger charge is -2.05. The van der Waals surface area contributed by atoms with Crippen LogP contribution in [0, 0.1) is 0 Å². The summed E-state index contributed by atoms with van der Waals surface area (Å²) in [4.78, 5) is 15.9. The number of carbonyl (C=O) groups is 1. The van der Waals surface area contributed by atoms with Gasteiger partial charge in [0.15, 0.2) is 0 Å². The van der Waals surface area contributed by atoms with Gasteiger partial charge in [0.1, 0.15) is 0 Å². The van der Waals surface area contributed by atoms with E-state index in [0.717, 1.165) is 0 Å². The van der Waals surface area contributed by atoms with Crippen LogP contribution in [0.4, 0.5) is 11.4 Å². The molecule has 0 fully saturated rings. The molecule has 0 saturated heterocycles. The number of aromatic nitrogens is 1. The van der Waals surface area contributed by atoms with Crippen LogP contribution in [-0.4, -0.2) is 18.0 Å². The van der Waals surface area contributed by atoms with Crippen LogP contribution in [0.5, 0.6) is 5.88 Å². The zero-order valence-corrected chi connectivity index (χ0v) is 9.88. The van der Waals surface area contributed by atoms with E-state index in [9.17, 15) is 4.79 Å². The highest BCUT2D eigenvalue weighted by Gasteiger charge is 2.05. The maximum absolute atomic E-state index is 11.9. The monoisotopic (exact) mass is 243 g/mol. The first-order valence-corrected chi connectivity index (χ1v) is 5.36. The van der Waals surface area contributed by atoms with Crippen LogP contribution < -0.4 is 15.8 Å². The number of ether oxygens (including phenoxy) is 1. The molecule has 3 N–H and O–H groups in total. The van der Waals surface area contributed by atoms with Crippen LogP contribution in [0.2, 0.25) is 0 Å². The number of benzene rings is 1. The Morgan fingerprint density at radius 3 is 2.50 bits per heavy atom. The van der Waals surface area contributed by atoms with Gasteiger partial charge in [-0.25, -0.2) is 4.98 Å². The molecule has 0 saturated carbocycles. The molecular weight excluding hydrogens is 230 g/mol. The minimum absolute atomic E-state index is 0.207. The molecular formula is C13H13N3O2. The van der Waals surface area contributed by atoms with Gasteiger partial charge in [-0.15, -0.1) is 0 Å². The van der Waals surface area contributed by atoms with E-state index in [2.05, 4.69) is 10.3 Å². The SMILES string of the molecule is COc1ccc(NC(=O)c2ccc(N)cc2)cn1. The van der Waals surface area contributed by atoms with Crippen molar-refractivity contribution in [2.24, 2.45) is 0 Å². The Morgan fingerprint density at radius 2 is 1.94 bits per heavy atom. The predicted octanol–water partition coefficient (Wildman–Crippen LogP) is 1.92. The Hall–Kier alpha value is -2.56. The first kappa shape index (κ1) is 11.9. The van der Waals surface area contributed by atoms with Gasteiger partial charge in [0.25, 0.3) is 5.91 Å². The summed E-state index contributed by atoms with van der Waals surface area (Å²) in [5.74, 6) is 0.294. The number of anilines is 2. The first-order valence-electron chi connectivity index (χ1n) is 5.36. The molecule has 0 bridgehead atoms. The van der Waals surface area contributed by atoms with Crippen molar-refractivity contribution in [2.75, 3.05) is 18.2 Å². The third-order valence-corrected chi connectivity index (χ3v) is 2.38. The topological polar surface area (TPSA) is 77.2 Å². The molecule has 0 aliphatic rings. The van der Waals surface area contributed by atoms with Crippen LogP contribution in [0.25, 0.3) is 0 Å². The molecule has 0 unspecified atom stereocenters. The van der Waals surface area contributed by atoms with Gasteiger partial charge in [0.05, 0.1) is 19.0 Å². The summed E-state index contributed by atoms with van der Waals surface area (Å²) in [6.07, 6.45) is 1.54. The lowest BCUT2D eigenvalue weighted by molar-refractivity contribution is 0.102. The molecule has 2 aromatic rings.